The van der Waals surface area contributed by atoms with Crippen molar-refractivity contribution in [3.05, 3.63) is 35.9 Å². The lowest BCUT2D eigenvalue weighted by Gasteiger charge is -2.17. The fraction of sp³-hybridized carbons (Fsp3) is 0.308. The van der Waals surface area contributed by atoms with Gasteiger partial charge < -0.3 is 5.11 Å². The Bertz CT molecular complexity index is 614. The summed E-state index contributed by atoms with van der Waals surface area (Å²) in [6.07, 6.45) is 1.19. The summed E-state index contributed by atoms with van der Waals surface area (Å²) in [6, 6.07) is 4.94. The highest BCUT2D eigenvalue weighted by molar-refractivity contribution is 7.91. The first kappa shape index (κ1) is 12.8. The lowest BCUT2D eigenvalue weighted by molar-refractivity contribution is -0.135. The number of carboxylic acid groups (broad SMARTS) is 1. The molecule has 1 aromatic rings. The highest BCUT2D eigenvalue weighted by Gasteiger charge is 2.23. The molecule has 2 rings (SSSR count). The third-order valence-corrected chi connectivity index (χ3v) is 4.92. The Morgan fingerprint density at radius 2 is 2.11 bits per heavy atom. The summed E-state index contributed by atoms with van der Waals surface area (Å²) in [4.78, 5) is 11.0. The lowest BCUT2D eigenvalue weighted by atomic mass is 10.00. The van der Waals surface area contributed by atoms with E-state index >= 15 is 0 Å². The largest absolute Gasteiger partial charge is 0.481 e. The van der Waals surface area contributed by atoms with E-state index in [1.807, 2.05) is 0 Å². The molecule has 0 unspecified atom stereocenters. The van der Waals surface area contributed by atoms with Crippen molar-refractivity contribution >= 4 is 21.4 Å². The summed E-state index contributed by atoms with van der Waals surface area (Å²) in [6.45, 7) is 3.72. The van der Waals surface area contributed by atoms with Gasteiger partial charge in [-0.05, 0) is 35.6 Å². The maximum atomic E-state index is 11.8. The van der Waals surface area contributed by atoms with Crippen LogP contribution in [0.25, 0.3) is 5.57 Å². The molecule has 0 aromatic heterocycles. The number of fused-ring (bicyclic) bond motifs is 1. The summed E-state index contributed by atoms with van der Waals surface area (Å²) < 4.78 is 23.6. The van der Waals surface area contributed by atoms with Gasteiger partial charge in [0.2, 0.25) is 0 Å². The lowest BCUT2D eigenvalue weighted by Crippen LogP contribution is -2.16. The van der Waals surface area contributed by atoms with E-state index in [2.05, 4.69) is 6.58 Å². The molecule has 96 valence electrons. The van der Waals surface area contributed by atoms with E-state index in [1.54, 1.807) is 18.2 Å². The molecular weight excluding hydrogens is 252 g/mol. The molecule has 1 N–H and O–H groups in total. The predicted octanol–water partition coefficient (Wildman–Crippen LogP) is 1.89. The molecule has 1 heterocycles. The van der Waals surface area contributed by atoms with E-state index in [-0.39, 0.29) is 12.2 Å². The van der Waals surface area contributed by atoms with Gasteiger partial charge in [0.05, 0.1) is 17.1 Å². The Labute approximate surface area is 106 Å². The van der Waals surface area contributed by atoms with Gasteiger partial charge in [-0.3, -0.25) is 4.79 Å². The number of carboxylic acids is 1. The van der Waals surface area contributed by atoms with Gasteiger partial charge in [-0.2, -0.15) is 0 Å². The second-order valence-corrected chi connectivity index (χ2v) is 6.50. The summed E-state index contributed by atoms with van der Waals surface area (Å²) >= 11 is 0. The minimum absolute atomic E-state index is 0.133. The fourth-order valence-corrected chi connectivity index (χ4v) is 3.73. The number of carbonyl (C=O) groups is 1. The number of hydrogen-bond donors (Lipinski definition) is 1. The first-order valence-electron chi connectivity index (χ1n) is 5.66. The van der Waals surface area contributed by atoms with Crippen LogP contribution in [0.4, 0.5) is 0 Å². The summed E-state index contributed by atoms with van der Waals surface area (Å²) in [5.74, 6) is -0.750. The van der Waals surface area contributed by atoms with Crippen LogP contribution in [0.1, 0.15) is 24.0 Å². The monoisotopic (exact) mass is 266 g/mol. The molecule has 0 aliphatic carbocycles. The highest BCUT2D eigenvalue weighted by Crippen LogP contribution is 2.28. The molecule has 18 heavy (non-hydrogen) atoms. The van der Waals surface area contributed by atoms with Gasteiger partial charge in [0.25, 0.3) is 0 Å². The van der Waals surface area contributed by atoms with Crippen LogP contribution in [0, 0.1) is 0 Å². The van der Waals surface area contributed by atoms with Gasteiger partial charge in [-0.1, -0.05) is 18.7 Å². The van der Waals surface area contributed by atoms with E-state index in [9.17, 15) is 13.2 Å². The smallest absolute Gasteiger partial charge is 0.307 e. The quantitative estimate of drug-likeness (QED) is 0.907. The molecule has 0 bridgehead atoms. The van der Waals surface area contributed by atoms with Crippen LogP contribution in [-0.4, -0.2) is 25.2 Å². The third kappa shape index (κ3) is 2.46. The van der Waals surface area contributed by atoms with Gasteiger partial charge in [-0.15, -0.1) is 0 Å². The Morgan fingerprint density at radius 3 is 2.78 bits per heavy atom. The van der Waals surface area contributed by atoms with Crippen LogP contribution < -0.4 is 0 Å². The molecule has 0 saturated carbocycles. The Balaban J connectivity index is 2.39. The average Bonchev–Trinajstić information content (AvgIpc) is 2.27. The Morgan fingerprint density at radius 1 is 1.39 bits per heavy atom. The zero-order chi connectivity index (χ0) is 13.3. The summed E-state index contributed by atoms with van der Waals surface area (Å²) in [5, 5.41) is 8.71. The molecule has 0 fully saturated rings. The van der Waals surface area contributed by atoms with Crippen LogP contribution in [-0.2, 0) is 21.1 Å². The molecule has 1 aliphatic rings. The molecule has 1 aromatic carbocycles. The maximum Gasteiger partial charge on any atom is 0.307 e. The molecule has 1 aliphatic heterocycles. The molecule has 5 heteroatoms. The van der Waals surface area contributed by atoms with E-state index < -0.39 is 15.8 Å². The Kier molecular flexibility index (Phi) is 3.26. The summed E-state index contributed by atoms with van der Waals surface area (Å²) in [5.41, 5.74) is 1.96. The van der Waals surface area contributed by atoms with Gasteiger partial charge in [-0.25, -0.2) is 8.42 Å². The summed E-state index contributed by atoms with van der Waals surface area (Å²) in [7, 11) is -3.15. The van der Waals surface area contributed by atoms with Crippen molar-refractivity contribution in [2.75, 3.05) is 5.75 Å². The van der Waals surface area contributed by atoms with Crippen molar-refractivity contribution in [1.82, 2.24) is 0 Å². The first-order valence-corrected chi connectivity index (χ1v) is 7.31. The van der Waals surface area contributed by atoms with Gasteiger partial charge >= 0.3 is 5.97 Å². The minimum Gasteiger partial charge on any atom is -0.481 e. The Hall–Kier alpha value is -1.62. The molecule has 0 saturated heterocycles. The topological polar surface area (TPSA) is 71.4 Å². The van der Waals surface area contributed by atoms with Gasteiger partial charge in [0.15, 0.2) is 9.84 Å². The normalized spacial score (nSPS) is 16.9. The van der Waals surface area contributed by atoms with Crippen LogP contribution in [0.15, 0.2) is 29.7 Å². The second kappa shape index (κ2) is 4.57. The first-order chi connectivity index (χ1) is 8.40. The molecule has 0 radical (unpaired) electrons. The molecule has 0 amide bonds. The zero-order valence-corrected chi connectivity index (χ0v) is 10.7. The van der Waals surface area contributed by atoms with E-state index in [0.29, 0.717) is 28.9 Å². The molecule has 0 atom stereocenters. The number of sulfone groups is 1. The minimum atomic E-state index is -3.15. The van der Waals surface area contributed by atoms with Crippen molar-refractivity contribution < 1.29 is 18.3 Å². The van der Waals surface area contributed by atoms with Crippen LogP contribution in [0.3, 0.4) is 0 Å². The van der Waals surface area contributed by atoms with Crippen molar-refractivity contribution in [3.8, 4) is 0 Å². The number of aliphatic carboxylic acids is 1. The fourth-order valence-electron chi connectivity index (χ4n) is 2.15. The average molecular weight is 266 g/mol. The van der Waals surface area contributed by atoms with E-state index in [0.717, 1.165) is 5.56 Å². The van der Waals surface area contributed by atoms with E-state index in [1.165, 1.54) is 0 Å². The zero-order valence-electron chi connectivity index (χ0n) is 9.85. The predicted molar refractivity (Wildman–Crippen MR) is 68.1 cm³/mol. The standard InChI is InChI=1S/C13H14O4S/c1-9(7-13(14)15)10-4-5-12-11(8-10)3-2-6-18(12,16)17/h4-5,8H,1-3,6-7H2,(H,14,15). The van der Waals surface area contributed by atoms with E-state index in [4.69, 9.17) is 5.11 Å². The number of rotatable bonds is 3. The van der Waals surface area contributed by atoms with Crippen LogP contribution in [0.5, 0.6) is 0 Å². The van der Waals surface area contributed by atoms with Gasteiger partial charge in [0, 0.05) is 0 Å². The molecule has 0 spiro atoms. The number of aryl methyl sites for hydroxylation is 1. The molecule has 4 nitrogen and oxygen atoms in total. The maximum absolute atomic E-state index is 11.8. The van der Waals surface area contributed by atoms with Crippen molar-refractivity contribution in [2.45, 2.75) is 24.2 Å². The number of hydrogen-bond acceptors (Lipinski definition) is 3. The van der Waals surface area contributed by atoms with Crippen molar-refractivity contribution in [3.63, 3.8) is 0 Å². The number of benzene rings is 1. The second-order valence-electron chi connectivity index (χ2n) is 4.42. The molecular formula is C13H14O4S. The van der Waals surface area contributed by atoms with Crippen molar-refractivity contribution in [2.24, 2.45) is 0 Å². The van der Waals surface area contributed by atoms with Crippen molar-refractivity contribution in [1.29, 1.82) is 0 Å². The third-order valence-electron chi connectivity index (χ3n) is 3.03. The van der Waals surface area contributed by atoms with Gasteiger partial charge in [0.1, 0.15) is 0 Å². The SMILES string of the molecule is C=C(CC(=O)O)c1ccc2c(c1)CCCS2(=O)=O. The highest BCUT2D eigenvalue weighted by atomic mass is 32.2. The van der Waals surface area contributed by atoms with Crippen LogP contribution in [0.2, 0.25) is 0 Å². The van der Waals surface area contributed by atoms with Crippen LogP contribution >= 0.6 is 0 Å².